The van der Waals surface area contributed by atoms with Gasteiger partial charge in [0.05, 0.1) is 0 Å². The molecule has 1 N–H and O–H groups in total. The van der Waals surface area contributed by atoms with Crippen LogP contribution in [0, 0.1) is 4.91 Å². The Labute approximate surface area is 36.2 Å². The summed E-state index contributed by atoms with van der Waals surface area (Å²) in [6.07, 6.45) is 1.75. The van der Waals surface area contributed by atoms with Crippen LogP contribution in [0.4, 0.5) is 0 Å². The number of hydrogen-bond acceptors (Lipinski definition) is 2. The van der Waals surface area contributed by atoms with Crippen LogP contribution < -0.4 is 0 Å². The van der Waals surface area contributed by atoms with E-state index >= 15 is 0 Å². The average molecular weight is 89.1 g/mol. The molecule has 6 heavy (non-hydrogen) atoms. The number of rotatable bonds is 0. The van der Waals surface area contributed by atoms with Crippen molar-refractivity contribution in [1.82, 2.24) is 0 Å². The van der Waals surface area contributed by atoms with Crippen LogP contribution in [0.3, 0.4) is 0 Å². The van der Waals surface area contributed by atoms with Gasteiger partial charge in [-0.2, -0.15) is 0 Å². The first-order valence-corrected chi connectivity index (χ1v) is 1.37. The second-order valence-corrected chi connectivity index (χ2v) is 0.490. The molecule has 0 rings (SSSR count). The van der Waals surface area contributed by atoms with E-state index in [1.165, 1.54) is 5.34 Å². The van der Waals surface area contributed by atoms with E-state index in [1.54, 1.807) is 6.08 Å². The maximum absolute atomic E-state index is 8.11. The molecule has 0 spiro atoms. The highest BCUT2D eigenvalue weighted by Gasteiger charge is 1.18. The van der Waals surface area contributed by atoms with Crippen molar-refractivity contribution in [2.75, 3.05) is 0 Å². The van der Waals surface area contributed by atoms with Crippen molar-refractivity contribution in [3.63, 3.8) is 0 Å². The summed E-state index contributed by atoms with van der Waals surface area (Å²) < 4.78 is 0. The Balaban J connectivity index is 0. The van der Waals surface area contributed by atoms with Crippen molar-refractivity contribution < 1.29 is 5.21 Å². The Kier molecular flexibility index (Phi) is 46.8. The first-order valence-electron chi connectivity index (χ1n) is 1.37. The van der Waals surface area contributed by atoms with Gasteiger partial charge in [-0.25, -0.2) is 0 Å². The predicted molar refractivity (Wildman–Crippen MR) is 23.5 cm³/mol. The highest BCUT2D eigenvalue weighted by atomic mass is 16.6. The van der Waals surface area contributed by atoms with Gasteiger partial charge in [-0.05, 0) is 6.92 Å². The number of nitrogens with zero attached hydrogens (tertiary/aromatic N) is 1. The monoisotopic (exact) mass is 89.0 g/mol. The molecule has 0 aromatic carbocycles. The van der Waals surface area contributed by atoms with E-state index in [0.717, 1.165) is 0 Å². The Hall–Kier alpha value is -0.860. The van der Waals surface area contributed by atoms with Crippen molar-refractivity contribution in [3.8, 4) is 0 Å². The highest BCUT2D eigenvalue weighted by Crippen LogP contribution is 1.38. The zero-order valence-electron chi connectivity index (χ0n) is 3.59. The van der Waals surface area contributed by atoms with Gasteiger partial charge < -0.3 is 5.21 Å². The minimum atomic E-state index is 1.25. The van der Waals surface area contributed by atoms with Gasteiger partial charge in [0.2, 0.25) is 0 Å². The second-order valence-electron chi connectivity index (χ2n) is 0.490. The van der Waals surface area contributed by atoms with Crippen LogP contribution in [0.15, 0.2) is 18.0 Å². The van der Waals surface area contributed by atoms with Gasteiger partial charge in [0.1, 0.15) is 0 Å². The molecular weight excluding hydrogens is 82.0 g/mol. The fourth-order valence-electron chi connectivity index (χ4n) is 0. The van der Waals surface area contributed by atoms with Gasteiger partial charge in [-0.15, -0.1) is 11.5 Å². The van der Waals surface area contributed by atoms with Crippen molar-refractivity contribution in [2.45, 2.75) is 6.92 Å². The second kappa shape index (κ2) is 31.4. The molecule has 0 bridgehead atoms. The molecule has 0 fully saturated rings. The Morgan fingerprint density at radius 1 is 2.00 bits per heavy atom. The summed E-state index contributed by atoms with van der Waals surface area (Å²) in [6, 6.07) is 0. The lowest BCUT2D eigenvalue weighted by Gasteiger charge is -1.32. The normalized spacial score (nSPS) is 4.17. The van der Waals surface area contributed by atoms with Crippen LogP contribution in [0.1, 0.15) is 6.92 Å². The molecule has 0 heterocycles. The number of hydrogen-bond donors (Lipinski definition) is 1. The van der Waals surface area contributed by atoms with Crippen LogP contribution in [-0.4, -0.2) is 5.21 Å². The molecule has 0 aromatic heterocycles. The summed E-state index contributed by atoms with van der Waals surface area (Å²) in [4.78, 5) is 8.11. The van der Waals surface area contributed by atoms with E-state index in [9.17, 15) is 0 Å². The highest BCUT2D eigenvalue weighted by molar-refractivity contribution is 4.51. The average Bonchev–Trinajstić information content (AvgIpc) is 1.39. The third-order valence-electron chi connectivity index (χ3n) is 0. The van der Waals surface area contributed by atoms with Gasteiger partial charge in [-0.3, -0.25) is 0 Å². The molecular formula is C3H7NO2. The third-order valence-corrected chi connectivity index (χ3v) is 0. The number of allylic oxidation sites excluding steroid dienone is 1. The molecule has 3 nitrogen and oxygen atoms in total. The van der Waals surface area contributed by atoms with Gasteiger partial charge in [-0.1, -0.05) is 6.08 Å². The molecule has 0 radical (unpaired) electrons. The first kappa shape index (κ1) is 8.94. The quantitative estimate of drug-likeness (QED) is 0.276. The fraction of sp³-hybridized carbons (Fsp3) is 0.333. The molecule has 0 amide bonds. The zero-order valence-corrected chi connectivity index (χ0v) is 3.59. The van der Waals surface area contributed by atoms with Gasteiger partial charge in [0, 0.05) is 0 Å². The molecule has 0 aromatic rings. The molecule has 0 aliphatic rings. The summed E-state index contributed by atoms with van der Waals surface area (Å²) >= 11 is 0. The largest absolute Gasteiger partial charge is 0.379 e. The van der Waals surface area contributed by atoms with Gasteiger partial charge in [0.15, 0.2) is 5.34 Å². The van der Waals surface area contributed by atoms with E-state index in [2.05, 4.69) is 6.58 Å². The summed E-state index contributed by atoms with van der Waals surface area (Å²) in [5, 5.41) is 7.89. The Bertz CT molecular complexity index is 29.8. The van der Waals surface area contributed by atoms with E-state index in [0.29, 0.717) is 0 Å². The lowest BCUT2D eigenvalue weighted by atomic mass is 10.8. The summed E-state index contributed by atoms with van der Waals surface area (Å²) in [7, 11) is 0. The maximum atomic E-state index is 8.11. The van der Waals surface area contributed by atoms with Crippen LogP contribution in [0.5, 0.6) is 0 Å². The molecule has 3 heteroatoms. The lowest BCUT2D eigenvalue weighted by molar-refractivity contribution is 0.312. The third kappa shape index (κ3) is 19.4. The standard InChI is InChI=1S/C3H6.HNO2/c1-3-2;2-1-3/h3H,1H2,2H3;(H,2,3). The van der Waals surface area contributed by atoms with E-state index in [4.69, 9.17) is 10.1 Å². The van der Waals surface area contributed by atoms with Crippen LogP contribution >= 0.6 is 0 Å². The zero-order chi connectivity index (χ0) is 5.41. The van der Waals surface area contributed by atoms with Gasteiger partial charge >= 0.3 is 0 Å². The maximum Gasteiger partial charge on any atom is 0.152 e. The smallest absolute Gasteiger partial charge is 0.152 e. The molecule has 0 aliphatic carbocycles. The fourth-order valence-corrected chi connectivity index (χ4v) is 0. The van der Waals surface area contributed by atoms with E-state index < -0.39 is 0 Å². The predicted octanol–water partition coefficient (Wildman–Crippen LogP) is 1.33. The molecule has 0 saturated carbocycles. The summed E-state index contributed by atoms with van der Waals surface area (Å²) in [5.41, 5.74) is 0. The van der Waals surface area contributed by atoms with E-state index in [-0.39, 0.29) is 0 Å². The SMILES string of the molecule is C=CC.O=NO. The minimum absolute atomic E-state index is 1.25. The van der Waals surface area contributed by atoms with E-state index in [1.807, 2.05) is 6.92 Å². The molecule has 0 atom stereocenters. The van der Waals surface area contributed by atoms with Crippen molar-refractivity contribution >= 4 is 0 Å². The molecule has 0 aliphatic heterocycles. The Morgan fingerprint density at radius 3 is 2.00 bits per heavy atom. The topological polar surface area (TPSA) is 49.7 Å². The van der Waals surface area contributed by atoms with Crippen molar-refractivity contribution in [1.29, 1.82) is 0 Å². The summed E-state index contributed by atoms with van der Waals surface area (Å²) in [5.74, 6) is 0. The minimum Gasteiger partial charge on any atom is -0.379 e. The van der Waals surface area contributed by atoms with Crippen molar-refractivity contribution in [2.24, 2.45) is 5.34 Å². The first-order chi connectivity index (χ1) is 2.83. The van der Waals surface area contributed by atoms with Crippen LogP contribution in [0.25, 0.3) is 0 Å². The molecule has 0 saturated heterocycles. The van der Waals surface area contributed by atoms with Crippen LogP contribution in [-0.2, 0) is 0 Å². The summed E-state index contributed by atoms with van der Waals surface area (Å²) in [6.45, 7) is 5.25. The van der Waals surface area contributed by atoms with Gasteiger partial charge in [0.25, 0.3) is 0 Å². The Morgan fingerprint density at radius 2 is 2.00 bits per heavy atom. The molecule has 0 unspecified atom stereocenters. The van der Waals surface area contributed by atoms with Crippen molar-refractivity contribution in [3.05, 3.63) is 17.6 Å². The molecule has 36 valence electrons. The van der Waals surface area contributed by atoms with Crippen LogP contribution in [0.2, 0.25) is 0 Å². The lowest BCUT2D eigenvalue weighted by Crippen LogP contribution is -1.25.